The van der Waals surface area contributed by atoms with Crippen molar-refractivity contribution in [2.24, 2.45) is 5.92 Å². The number of hydrogen-bond acceptors (Lipinski definition) is 3. The summed E-state index contributed by atoms with van der Waals surface area (Å²) in [6, 6.07) is 23.1. The van der Waals surface area contributed by atoms with E-state index < -0.39 is 5.41 Å². The standard InChI is InChI=1S/C34H40FN3O2/c1-24-10-13-29(20-25(24)2)34(32(40)37(4)22-27-11-14-31(35)15-12-27)21-30(34)23-38-18-16-33(17-19-38,36-26(3)39)28-8-6-5-7-9-28/h5-15,20,30H,16-19,21-23H2,1-4H3,(H,36,39)/t30-,34+/m0/s1. The van der Waals surface area contributed by atoms with Crippen molar-refractivity contribution in [1.29, 1.82) is 0 Å². The molecular formula is C34H40FN3O2. The molecule has 1 aliphatic heterocycles. The lowest BCUT2D eigenvalue weighted by atomic mass is 9.80. The topological polar surface area (TPSA) is 52.7 Å². The first-order valence-electron chi connectivity index (χ1n) is 14.3. The Balaban J connectivity index is 1.34. The molecule has 1 heterocycles. The van der Waals surface area contributed by atoms with Crippen LogP contribution in [0.1, 0.15) is 54.0 Å². The molecule has 210 valence electrons. The van der Waals surface area contributed by atoms with Crippen LogP contribution in [0.3, 0.4) is 0 Å². The van der Waals surface area contributed by atoms with Crippen LogP contribution in [0.2, 0.25) is 0 Å². The second kappa shape index (κ2) is 11.2. The van der Waals surface area contributed by atoms with Gasteiger partial charge in [-0.2, -0.15) is 0 Å². The molecule has 40 heavy (non-hydrogen) atoms. The number of amides is 2. The molecule has 1 saturated heterocycles. The van der Waals surface area contributed by atoms with Gasteiger partial charge >= 0.3 is 0 Å². The summed E-state index contributed by atoms with van der Waals surface area (Å²) in [6.07, 6.45) is 2.48. The zero-order valence-corrected chi connectivity index (χ0v) is 24.0. The Kier molecular flexibility index (Phi) is 7.83. The Morgan fingerprint density at radius 1 is 0.950 bits per heavy atom. The number of aryl methyl sites for hydroxylation is 2. The van der Waals surface area contributed by atoms with E-state index in [1.165, 1.54) is 23.3 Å². The van der Waals surface area contributed by atoms with Crippen LogP contribution >= 0.6 is 0 Å². The van der Waals surface area contributed by atoms with E-state index >= 15 is 0 Å². The van der Waals surface area contributed by atoms with Crippen LogP contribution in [0.4, 0.5) is 4.39 Å². The maximum absolute atomic E-state index is 14.1. The minimum Gasteiger partial charge on any atom is -0.347 e. The average molecular weight is 542 g/mol. The minimum absolute atomic E-state index is 0.0111. The molecule has 0 radical (unpaired) electrons. The fourth-order valence-corrected chi connectivity index (χ4v) is 6.59. The van der Waals surface area contributed by atoms with Crippen molar-refractivity contribution in [1.82, 2.24) is 15.1 Å². The summed E-state index contributed by atoms with van der Waals surface area (Å²) < 4.78 is 13.4. The summed E-state index contributed by atoms with van der Waals surface area (Å²) in [5.41, 5.74) is 4.65. The van der Waals surface area contributed by atoms with Crippen molar-refractivity contribution in [3.63, 3.8) is 0 Å². The number of piperidine rings is 1. The highest BCUT2D eigenvalue weighted by Gasteiger charge is 2.62. The maximum Gasteiger partial charge on any atom is 0.233 e. The van der Waals surface area contributed by atoms with Gasteiger partial charge in [-0.05, 0) is 79.0 Å². The number of rotatable bonds is 8. The number of halogens is 1. The largest absolute Gasteiger partial charge is 0.347 e. The highest BCUT2D eigenvalue weighted by molar-refractivity contribution is 5.92. The van der Waals surface area contributed by atoms with E-state index in [4.69, 9.17) is 0 Å². The molecule has 0 aromatic heterocycles. The summed E-state index contributed by atoms with van der Waals surface area (Å²) in [7, 11) is 1.85. The van der Waals surface area contributed by atoms with Crippen LogP contribution in [-0.4, -0.2) is 48.3 Å². The van der Waals surface area contributed by atoms with Gasteiger partial charge in [-0.3, -0.25) is 9.59 Å². The third-order valence-electron chi connectivity index (χ3n) is 9.12. The lowest BCUT2D eigenvalue weighted by Crippen LogP contribution is -2.53. The number of likely N-dealkylation sites (tertiary alicyclic amines) is 1. The summed E-state index contributed by atoms with van der Waals surface area (Å²) in [5.74, 6) is 0.0488. The highest BCUT2D eigenvalue weighted by atomic mass is 19.1. The number of carbonyl (C=O) groups is 2. The molecule has 2 amide bonds. The molecule has 2 aliphatic rings. The Hall–Kier alpha value is -3.51. The molecule has 1 aliphatic carbocycles. The van der Waals surface area contributed by atoms with Gasteiger partial charge in [-0.15, -0.1) is 0 Å². The van der Waals surface area contributed by atoms with Crippen LogP contribution in [0, 0.1) is 25.6 Å². The van der Waals surface area contributed by atoms with Crippen LogP contribution in [0.5, 0.6) is 0 Å². The van der Waals surface area contributed by atoms with E-state index in [-0.39, 0.29) is 29.1 Å². The van der Waals surface area contributed by atoms with Gasteiger partial charge in [0, 0.05) is 40.2 Å². The zero-order valence-electron chi connectivity index (χ0n) is 24.0. The van der Waals surface area contributed by atoms with E-state index in [0.717, 1.165) is 55.6 Å². The SMILES string of the molecule is CC(=O)NC1(c2ccccc2)CCN(C[C@@H]2C[C@@]2(C(=O)N(C)Cc2ccc(F)cc2)c2ccc(C)c(C)c2)CC1. The van der Waals surface area contributed by atoms with Gasteiger partial charge in [-0.25, -0.2) is 4.39 Å². The van der Waals surface area contributed by atoms with Crippen LogP contribution in [0.15, 0.2) is 72.8 Å². The molecule has 2 fully saturated rings. The normalized spacial score (nSPS) is 22.0. The molecule has 5 nitrogen and oxygen atoms in total. The van der Waals surface area contributed by atoms with Crippen LogP contribution in [0.25, 0.3) is 0 Å². The van der Waals surface area contributed by atoms with Gasteiger partial charge in [0.2, 0.25) is 11.8 Å². The predicted octanol–water partition coefficient (Wildman–Crippen LogP) is 5.49. The number of nitrogens with zero attached hydrogens (tertiary/aromatic N) is 2. The smallest absolute Gasteiger partial charge is 0.233 e. The minimum atomic E-state index is -0.557. The van der Waals surface area contributed by atoms with E-state index in [2.05, 4.69) is 54.4 Å². The van der Waals surface area contributed by atoms with E-state index in [9.17, 15) is 14.0 Å². The number of nitrogens with one attached hydrogen (secondary N) is 1. The van der Waals surface area contributed by atoms with Crippen molar-refractivity contribution in [2.75, 3.05) is 26.7 Å². The first-order valence-corrected chi connectivity index (χ1v) is 14.3. The molecule has 0 bridgehead atoms. The zero-order chi connectivity index (χ0) is 28.5. The first kappa shape index (κ1) is 28.0. The molecule has 2 atom stereocenters. The third-order valence-corrected chi connectivity index (χ3v) is 9.12. The summed E-state index contributed by atoms with van der Waals surface area (Å²) in [6.45, 7) is 8.79. The Labute approximate surface area is 237 Å². The molecule has 0 unspecified atom stereocenters. The molecule has 3 aromatic rings. The van der Waals surface area contributed by atoms with Crippen molar-refractivity contribution < 1.29 is 14.0 Å². The number of carbonyl (C=O) groups excluding carboxylic acids is 2. The number of likely N-dealkylation sites (N-methyl/N-ethyl adjacent to an activating group) is 1. The summed E-state index contributed by atoms with van der Waals surface area (Å²) in [4.78, 5) is 30.6. The van der Waals surface area contributed by atoms with Crippen molar-refractivity contribution >= 4 is 11.8 Å². The Morgan fingerprint density at radius 3 is 2.25 bits per heavy atom. The monoisotopic (exact) mass is 541 g/mol. The molecule has 1 saturated carbocycles. The van der Waals surface area contributed by atoms with Crippen molar-refractivity contribution in [3.8, 4) is 0 Å². The number of hydrogen-bond donors (Lipinski definition) is 1. The third kappa shape index (κ3) is 5.55. The summed E-state index contributed by atoms with van der Waals surface area (Å²) >= 11 is 0. The van der Waals surface area contributed by atoms with Crippen molar-refractivity contribution in [3.05, 3.63) is 106 Å². The second-order valence-electron chi connectivity index (χ2n) is 11.9. The molecule has 1 N–H and O–H groups in total. The van der Waals surface area contributed by atoms with Crippen LogP contribution in [-0.2, 0) is 27.1 Å². The fraction of sp³-hybridized carbons (Fsp3) is 0.412. The van der Waals surface area contributed by atoms with Gasteiger partial charge in [0.05, 0.1) is 11.0 Å². The van der Waals surface area contributed by atoms with E-state index in [1.807, 2.05) is 25.2 Å². The fourth-order valence-electron chi connectivity index (χ4n) is 6.59. The van der Waals surface area contributed by atoms with Crippen LogP contribution < -0.4 is 5.32 Å². The highest BCUT2D eigenvalue weighted by Crippen LogP contribution is 2.56. The average Bonchev–Trinajstić information content (AvgIpc) is 3.67. The van der Waals surface area contributed by atoms with Crippen molar-refractivity contribution in [2.45, 2.75) is 57.5 Å². The Morgan fingerprint density at radius 2 is 1.62 bits per heavy atom. The molecular weight excluding hydrogens is 501 g/mol. The number of benzene rings is 3. The first-order chi connectivity index (χ1) is 19.1. The molecule has 5 rings (SSSR count). The molecule has 6 heteroatoms. The second-order valence-corrected chi connectivity index (χ2v) is 11.9. The molecule has 3 aromatic carbocycles. The van der Waals surface area contributed by atoms with Gasteiger partial charge < -0.3 is 15.1 Å². The quantitative estimate of drug-likeness (QED) is 0.411. The van der Waals surface area contributed by atoms with Gasteiger partial charge in [0.1, 0.15) is 5.82 Å². The molecule has 0 spiro atoms. The van der Waals surface area contributed by atoms with E-state index in [1.54, 1.807) is 24.0 Å². The maximum atomic E-state index is 14.1. The van der Waals surface area contributed by atoms with Gasteiger partial charge in [0.25, 0.3) is 0 Å². The van der Waals surface area contributed by atoms with Gasteiger partial charge in [0.15, 0.2) is 0 Å². The summed E-state index contributed by atoms with van der Waals surface area (Å²) in [5, 5.41) is 3.26. The lowest BCUT2D eigenvalue weighted by Gasteiger charge is -2.43. The van der Waals surface area contributed by atoms with E-state index in [0.29, 0.717) is 6.54 Å². The Bertz CT molecular complexity index is 1370. The lowest BCUT2D eigenvalue weighted by molar-refractivity contribution is -0.133. The van der Waals surface area contributed by atoms with Gasteiger partial charge in [-0.1, -0.05) is 60.7 Å². The predicted molar refractivity (Wildman–Crippen MR) is 156 cm³/mol.